The molecule has 0 amide bonds. The molecule has 0 aliphatic heterocycles. The predicted molar refractivity (Wildman–Crippen MR) is 127 cm³/mol. The topological polar surface area (TPSA) is 11.6 Å². The van der Waals surface area contributed by atoms with E-state index in [4.69, 9.17) is 0 Å². The second kappa shape index (κ2) is 12.3. The van der Waals surface area contributed by atoms with E-state index in [0.29, 0.717) is 0 Å². The van der Waals surface area contributed by atoms with Crippen molar-refractivity contribution in [3.63, 3.8) is 0 Å². The molecule has 0 atom stereocenters. The zero-order valence-corrected chi connectivity index (χ0v) is 19.8. The quantitative estimate of drug-likeness (QED) is 0.269. The monoisotopic (exact) mass is 418 g/mol. The third-order valence-corrected chi connectivity index (χ3v) is 6.08. The van der Waals surface area contributed by atoms with Crippen LogP contribution >= 0.6 is 0 Å². The first kappa shape index (κ1) is 23.1. The van der Waals surface area contributed by atoms with E-state index < -0.39 is 0 Å². The lowest BCUT2D eigenvalue weighted by atomic mass is 10.1. The largest absolute Gasteiger partial charge is 0.212 e. The molecule has 0 aliphatic rings. The summed E-state index contributed by atoms with van der Waals surface area (Å²) < 4.78 is 6.84. The van der Waals surface area contributed by atoms with Crippen molar-refractivity contribution in [1.82, 2.24) is 0 Å². The highest BCUT2D eigenvalue weighted by atomic mass is 14.9. The lowest BCUT2D eigenvalue weighted by Crippen LogP contribution is -2.34. The standard InChI is InChI=1S/C28H40N3/c1-4-6-8-10-18-30-20-14-25(15-21-30)27-12-13-28(29(3)24-27)26-16-22-31(23-17-26)19-11-9-7-5-2/h12-17,20-24H,4-11,18-19H2,1-3H3/q+3. The fourth-order valence-corrected chi connectivity index (χ4v) is 4.10. The fourth-order valence-electron chi connectivity index (χ4n) is 4.10. The van der Waals surface area contributed by atoms with Crippen LogP contribution in [0, 0.1) is 0 Å². The minimum absolute atomic E-state index is 1.11. The Morgan fingerprint density at radius 2 is 1.06 bits per heavy atom. The van der Waals surface area contributed by atoms with Crippen LogP contribution in [-0.2, 0) is 20.1 Å². The van der Waals surface area contributed by atoms with E-state index in [9.17, 15) is 0 Å². The van der Waals surface area contributed by atoms with Gasteiger partial charge in [-0.05, 0) is 24.5 Å². The second-order valence-electron chi connectivity index (χ2n) is 8.68. The molecule has 0 aromatic carbocycles. The Labute approximate surface area is 189 Å². The number of hydrogen-bond acceptors (Lipinski definition) is 0. The molecule has 0 radical (unpaired) electrons. The van der Waals surface area contributed by atoms with Crippen molar-refractivity contribution in [2.45, 2.75) is 78.3 Å². The average molecular weight is 419 g/mol. The van der Waals surface area contributed by atoms with E-state index in [2.05, 4.69) is 102 Å². The molecule has 164 valence electrons. The summed E-state index contributed by atoms with van der Waals surface area (Å²) in [6, 6.07) is 13.4. The van der Waals surface area contributed by atoms with E-state index in [-0.39, 0.29) is 0 Å². The summed E-state index contributed by atoms with van der Waals surface area (Å²) in [6.45, 7) is 6.74. The molecule has 0 unspecified atom stereocenters. The van der Waals surface area contributed by atoms with Crippen LogP contribution in [0.4, 0.5) is 0 Å². The van der Waals surface area contributed by atoms with Crippen LogP contribution in [-0.4, -0.2) is 0 Å². The van der Waals surface area contributed by atoms with Crippen LogP contribution in [0.2, 0.25) is 0 Å². The minimum atomic E-state index is 1.11. The number of unbranched alkanes of at least 4 members (excludes halogenated alkanes) is 6. The van der Waals surface area contributed by atoms with Crippen molar-refractivity contribution >= 4 is 0 Å². The van der Waals surface area contributed by atoms with Crippen molar-refractivity contribution in [3.8, 4) is 22.4 Å². The predicted octanol–water partition coefficient (Wildman–Crippen LogP) is 5.58. The van der Waals surface area contributed by atoms with Crippen molar-refractivity contribution in [3.05, 3.63) is 67.4 Å². The van der Waals surface area contributed by atoms with Crippen molar-refractivity contribution in [2.24, 2.45) is 7.05 Å². The summed E-state index contributed by atoms with van der Waals surface area (Å²) >= 11 is 0. The SMILES string of the molecule is CCCCCC[n+]1ccc(-c2ccc(-c3cc[n+](CCCCCC)cc3)[n+](C)c2)cc1. The molecule has 3 aromatic rings. The van der Waals surface area contributed by atoms with Crippen LogP contribution in [0.5, 0.6) is 0 Å². The smallest absolute Gasteiger partial charge is 0.205 e. The molecule has 3 aromatic heterocycles. The van der Waals surface area contributed by atoms with Crippen LogP contribution in [0.3, 0.4) is 0 Å². The van der Waals surface area contributed by atoms with Gasteiger partial charge in [-0.1, -0.05) is 39.5 Å². The zero-order chi connectivity index (χ0) is 21.9. The highest BCUT2D eigenvalue weighted by molar-refractivity contribution is 5.63. The zero-order valence-electron chi connectivity index (χ0n) is 19.8. The molecule has 0 saturated heterocycles. The van der Waals surface area contributed by atoms with E-state index >= 15 is 0 Å². The molecule has 31 heavy (non-hydrogen) atoms. The first-order chi connectivity index (χ1) is 15.2. The number of aryl methyl sites for hydroxylation is 3. The summed E-state index contributed by atoms with van der Waals surface area (Å²) in [7, 11) is 2.14. The molecule has 3 nitrogen and oxygen atoms in total. The molecule has 3 heterocycles. The minimum Gasteiger partial charge on any atom is -0.205 e. The van der Waals surface area contributed by atoms with Gasteiger partial charge in [0, 0.05) is 48.7 Å². The Hall–Kier alpha value is -2.55. The Morgan fingerprint density at radius 3 is 1.55 bits per heavy atom. The summed E-state index contributed by atoms with van der Waals surface area (Å²) in [5.41, 5.74) is 5.02. The van der Waals surface area contributed by atoms with Crippen LogP contribution < -0.4 is 13.7 Å². The molecule has 3 heteroatoms. The van der Waals surface area contributed by atoms with Gasteiger partial charge >= 0.3 is 0 Å². The van der Waals surface area contributed by atoms with Crippen LogP contribution in [0.1, 0.15) is 65.2 Å². The Morgan fingerprint density at radius 1 is 0.548 bits per heavy atom. The van der Waals surface area contributed by atoms with Crippen molar-refractivity contribution < 1.29 is 13.7 Å². The molecule has 0 fully saturated rings. The van der Waals surface area contributed by atoms with Gasteiger partial charge in [-0.3, -0.25) is 0 Å². The summed E-state index contributed by atoms with van der Waals surface area (Å²) in [4.78, 5) is 0. The van der Waals surface area contributed by atoms with E-state index in [1.165, 1.54) is 73.8 Å². The fraction of sp³-hybridized carbons (Fsp3) is 0.464. The van der Waals surface area contributed by atoms with Gasteiger partial charge < -0.3 is 0 Å². The van der Waals surface area contributed by atoms with Crippen molar-refractivity contribution in [2.75, 3.05) is 0 Å². The van der Waals surface area contributed by atoms with E-state index in [0.717, 1.165) is 13.1 Å². The lowest BCUT2D eigenvalue weighted by Gasteiger charge is -2.04. The maximum atomic E-state index is 2.30. The van der Waals surface area contributed by atoms with Crippen LogP contribution in [0.25, 0.3) is 22.4 Å². The van der Waals surface area contributed by atoms with E-state index in [1.807, 2.05) is 0 Å². The van der Waals surface area contributed by atoms with Crippen LogP contribution in [0.15, 0.2) is 67.4 Å². The van der Waals surface area contributed by atoms with Gasteiger partial charge in [0.2, 0.25) is 5.69 Å². The number of rotatable bonds is 12. The molecular formula is C28H40N3+3. The molecular weight excluding hydrogens is 378 g/mol. The summed E-state index contributed by atoms with van der Waals surface area (Å²) in [6.07, 6.45) is 21.5. The van der Waals surface area contributed by atoms with Gasteiger partial charge in [0.15, 0.2) is 31.0 Å². The average Bonchev–Trinajstić information content (AvgIpc) is 2.80. The van der Waals surface area contributed by atoms with Gasteiger partial charge in [-0.15, -0.1) is 0 Å². The molecule has 3 rings (SSSR count). The highest BCUT2D eigenvalue weighted by Gasteiger charge is 2.14. The lowest BCUT2D eigenvalue weighted by molar-refractivity contribution is -0.697. The van der Waals surface area contributed by atoms with Gasteiger partial charge in [0.25, 0.3) is 0 Å². The number of pyridine rings is 3. The van der Waals surface area contributed by atoms with Gasteiger partial charge in [0.1, 0.15) is 20.1 Å². The molecule has 0 bridgehead atoms. The Balaban J connectivity index is 1.63. The molecule has 0 aliphatic carbocycles. The Kier molecular flexibility index (Phi) is 9.20. The maximum absolute atomic E-state index is 2.30. The molecule has 0 N–H and O–H groups in total. The summed E-state index contributed by atoms with van der Waals surface area (Å²) in [5, 5.41) is 0. The second-order valence-corrected chi connectivity index (χ2v) is 8.68. The van der Waals surface area contributed by atoms with Gasteiger partial charge in [0.05, 0.1) is 5.56 Å². The third-order valence-electron chi connectivity index (χ3n) is 6.08. The summed E-state index contributed by atoms with van der Waals surface area (Å²) in [5.74, 6) is 0. The first-order valence-corrected chi connectivity index (χ1v) is 12.2. The Bertz CT molecular complexity index is 914. The normalized spacial score (nSPS) is 11.1. The maximum Gasteiger partial charge on any atom is 0.212 e. The van der Waals surface area contributed by atoms with Gasteiger partial charge in [-0.25, -0.2) is 13.7 Å². The first-order valence-electron chi connectivity index (χ1n) is 12.2. The van der Waals surface area contributed by atoms with Gasteiger partial charge in [-0.2, -0.15) is 0 Å². The highest BCUT2D eigenvalue weighted by Crippen LogP contribution is 2.20. The molecule has 0 saturated carbocycles. The number of nitrogens with zero attached hydrogens (tertiary/aromatic N) is 3. The van der Waals surface area contributed by atoms with E-state index in [1.54, 1.807) is 0 Å². The third kappa shape index (κ3) is 6.99. The number of aromatic nitrogens is 3. The van der Waals surface area contributed by atoms with Crippen molar-refractivity contribution in [1.29, 1.82) is 0 Å². The molecule has 0 spiro atoms. The number of hydrogen-bond donors (Lipinski definition) is 0.